The summed E-state index contributed by atoms with van der Waals surface area (Å²) in [4.78, 5) is 2.32. The van der Waals surface area contributed by atoms with Crippen LogP contribution < -0.4 is 5.73 Å². The molecule has 0 spiro atoms. The molecule has 2 atom stereocenters. The zero-order valence-corrected chi connectivity index (χ0v) is 14.1. The molecule has 0 aliphatic rings. The summed E-state index contributed by atoms with van der Waals surface area (Å²) in [6.07, 6.45) is 0. The smallest absolute Gasteiger partial charge is 0.0589 e. The van der Waals surface area contributed by atoms with Crippen LogP contribution in [0.1, 0.15) is 18.5 Å². The molecule has 114 valence electrons. The van der Waals surface area contributed by atoms with Crippen LogP contribution in [0, 0.1) is 0 Å². The van der Waals surface area contributed by atoms with E-state index in [-0.39, 0.29) is 12.1 Å². The van der Waals surface area contributed by atoms with Gasteiger partial charge in [0.1, 0.15) is 0 Å². The van der Waals surface area contributed by atoms with Crippen LogP contribution in [0.5, 0.6) is 0 Å². The van der Waals surface area contributed by atoms with E-state index in [9.17, 15) is 0 Å². The molecule has 1 rings (SSSR count). The number of ether oxygens (including phenoxy) is 2. The second-order valence-electron chi connectivity index (χ2n) is 4.88. The van der Waals surface area contributed by atoms with E-state index in [1.807, 2.05) is 19.1 Å². The molecule has 0 fully saturated rings. The van der Waals surface area contributed by atoms with Crippen LogP contribution in [0.3, 0.4) is 0 Å². The van der Waals surface area contributed by atoms with Gasteiger partial charge < -0.3 is 15.2 Å². The Morgan fingerprint density at radius 2 is 1.80 bits per heavy atom. The third-order valence-corrected chi connectivity index (χ3v) is 3.74. The summed E-state index contributed by atoms with van der Waals surface area (Å²) in [5, 5.41) is 0. The van der Waals surface area contributed by atoms with Crippen molar-refractivity contribution in [2.45, 2.75) is 19.0 Å². The van der Waals surface area contributed by atoms with Crippen molar-refractivity contribution in [3.8, 4) is 0 Å². The molecule has 2 N–H and O–H groups in total. The Morgan fingerprint density at radius 1 is 1.20 bits per heavy atom. The quantitative estimate of drug-likeness (QED) is 0.747. The van der Waals surface area contributed by atoms with Gasteiger partial charge in [-0.25, -0.2) is 0 Å². The Morgan fingerprint density at radius 3 is 2.25 bits per heavy atom. The zero-order chi connectivity index (χ0) is 15.0. The molecule has 1 aromatic carbocycles. The first-order chi connectivity index (χ1) is 9.60. The van der Waals surface area contributed by atoms with Gasteiger partial charge in [-0.1, -0.05) is 28.1 Å². The SMILES string of the molecule is COCCN(CCOC)C(c1cccc(Br)c1)C(C)N. The Balaban J connectivity index is 2.93. The Bertz CT molecular complexity index is 380. The minimum Gasteiger partial charge on any atom is -0.383 e. The molecule has 0 aliphatic heterocycles. The second-order valence-corrected chi connectivity index (χ2v) is 5.80. The van der Waals surface area contributed by atoms with Crippen molar-refractivity contribution >= 4 is 15.9 Å². The molecule has 20 heavy (non-hydrogen) atoms. The maximum absolute atomic E-state index is 6.22. The molecule has 0 aliphatic carbocycles. The molecule has 4 nitrogen and oxygen atoms in total. The van der Waals surface area contributed by atoms with Crippen molar-refractivity contribution in [1.82, 2.24) is 4.90 Å². The van der Waals surface area contributed by atoms with Crippen LogP contribution in [0.15, 0.2) is 28.7 Å². The van der Waals surface area contributed by atoms with Gasteiger partial charge in [0.15, 0.2) is 0 Å². The first kappa shape index (κ1) is 17.6. The fourth-order valence-corrected chi connectivity index (χ4v) is 2.76. The van der Waals surface area contributed by atoms with E-state index in [0.717, 1.165) is 17.6 Å². The molecular weight excluding hydrogens is 320 g/mol. The van der Waals surface area contributed by atoms with Gasteiger partial charge in [-0.3, -0.25) is 4.90 Å². The van der Waals surface area contributed by atoms with Gasteiger partial charge in [0.2, 0.25) is 0 Å². The van der Waals surface area contributed by atoms with Gasteiger partial charge in [-0.2, -0.15) is 0 Å². The third-order valence-electron chi connectivity index (χ3n) is 3.25. The summed E-state index contributed by atoms with van der Waals surface area (Å²) >= 11 is 3.53. The lowest BCUT2D eigenvalue weighted by molar-refractivity contribution is 0.0800. The van der Waals surface area contributed by atoms with E-state index in [4.69, 9.17) is 15.2 Å². The average molecular weight is 345 g/mol. The van der Waals surface area contributed by atoms with Gasteiger partial charge in [-0.15, -0.1) is 0 Å². The van der Waals surface area contributed by atoms with E-state index in [0.29, 0.717) is 13.2 Å². The summed E-state index contributed by atoms with van der Waals surface area (Å²) in [6.45, 7) is 5.07. The van der Waals surface area contributed by atoms with E-state index in [1.54, 1.807) is 14.2 Å². The van der Waals surface area contributed by atoms with E-state index in [1.165, 1.54) is 5.56 Å². The standard InChI is InChI=1S/C15H25BrN2O2/c1-12(17)15(13-5-4-6-14(16)11-13)18(7-9-19-2)8-10-20-3/h4-6,11-12,15H,7-10,17H2,1-3H3. The van der Waals surface area contributed by atoms with Crippen LogP contribution in [0.25, 0.3) is 0 Å². The maximum Gasteiger partial charge on any atom is 0.0589 e. The van der Waals surface area contributed by atoms with E-state index in [2.05, 4.69) is 33.0 Å². The van der Waals surface area contributed by atoms with Crippen molar-refractivity contribution in [2.75, 3.05) is 40.5 Å². The number of methoxy groups -OCH3 is 2. The van der Waals surface area contributed by atoms with Crippen molar-refractivity contribution in [3.05, 3.63) is 34.3 Å². The number of nitrogens with two attached hydrogens (primary N) is 1. The molecule has 1 aromatic rings. The molecular formula is C15H25BrN2O2. The van der Waals surface area contributed by atoms with E-state index >= 15 is 0 Å². The summed E-state index contributed by atoms with van der Waals surface area (Å²) in [7, 11) is 3.43. The Kier molecular flexibility index (Phi) is 8.33. The normalized spacial score (nSPS) is 14.5. The summed E-state index contributed by atoms with van der Waals surface area (Å²) in [6, 6.07) is 8.48. The lowest BCUT2D eigenvalue weighted by atomic mass is 9.99. The van der Waals surface area contributed by atoms with E-state index < -0.39 is 0 Å². The second kappa shape index (κ2) is 9.47. The number of nitrogens with zero attached hydrogens (tertiary/aromatic N) is 1. The van der Waals surface area contributed by atoms with Crippen LogP contribution in [0.4, 0.5) is 0 Å². The van der Waals surface area contributed by atoms with Crippen molar-refractivity contribution in [1.29, 1.82) is 0 Å². The first-order valence-corrected chi connectivity index (χ1v) is 7.62. The molecule has 0 radical (unpaired) electrons. The summed E-state index contributed by atoms with van der Waals surface area (Å²) in [5.74, 6) is 0. The molecule has 2 unspecified atom stereocenters. The number of benzene rings is 1. The Hall–Kier alpha value is -0.460. The first-order valence-electron chi connectivity index (χ1n) is 6.83. The largest absolute Gasteiger partial charge is 0.383 e. The van der Waals surface area contributed by atoms with Gasteiger partial charge in [0.05, 0.1) is 13.2 Å². The highest BCUT2D eigenvalue weighted by Crippen LogP contribution is 2.25. The number of rotatable bonds is 9. The van der Waals surface area contributed by atoms with Gasteiger partial charge >= 0.3 is 0 Å². The monoisotopic (exact) mass is 344 g/mol. The molecule has 5 heteroatoms. The molecule has 0 saturated heterocycles. The molecule has 0 amide bonds. The molecule has 0 aromatic heterocycles. The highest BCUT2D eigenvalue weighted by molar-refractivity contribution is 9.10. The molecule has 0 bridgehead atoms. The average Bonchev–Trinajstić information content (AvgIpc) is 2.41. The fourth-order valence-electron chi connectivity index (χ4n) is 2.34. The molecule has 0 saturated carbocycles. The van der Waals surface area contributed by atoms with Gasteiger partial charge in [-0.05, 0) is 24.6 Å². The highest BCUT2D eigenvalue weighted by atomic mass is 79.9. The lowest BCUT2D eigenvalue weighted by Gasteiger charge is -2.34. The van der Waals surface area contributed by atoms with Gasteiger partial charge in [0.25, 0.3) is 0 Å². The molecule has 0 heterocycles. The fraction of sp³-hybridized carbons (Fsp3) is 0.600. The van der Waals surface area contributed by atoms with Crippen molar-refractivity contribution in [2.24, 2.45) is 5.73 Å². The highest BCUT2D eigenvalue weighted by Gasteiger charge is 2.23. The minimum atomic E-state index is 0.0259. The zero-order valence-electron chi connectivity index (χ0n) is 12.5. The van der Waals surface area contributed by atoms with Crippen LogP contribution in [0.2, 0.25) is 0 Å². The predicted molar refractivity (Wildman–Crippen MR) is 85.9 cm³/mol. The van der Waals surface area contributed by atoms with Gasteiger partial charge in [0, 0.05) is 43.9 Å². The van der Waals surface area contributed by atoms with Crippen LogP contribution in [-0.2, 0) is 9.47 Å². The Labute approximate surface area is 130 Å². The third kappa shape index (κ3) is 5.50. The lowest BCUT2D eigenvalue weighted by Crippen LogP contribution is -2.42. The number of hydrogen-bond donors (Lipinski definition) is 1. The van der Waals surface area contributed by atoms with Crippen molar-refractivity contribution < 1.29 is 9.47 Å². The van der Waals surface area contributed by atoms with Crippen LogP contribution in [-0.4, -0.2) is 51.5 Å². The maximum atomic E-state index is 6.22. The summed E-state index contributed by atoms with van der Waals surface area (Å²) < 4.78 is 11.5. The minimum absolute atomic E-state index is 0.0259. The number of halogens is 1. The predicted octanol–water partition coefficient (Wildman–Crippen LogP) is 2.43. The number of hydrogen-bond acceptors (Lipinski definition) is 4. The van der Waals surface area contributed by atoms with Crippen molar-refractivity contribution in [3.63, 3.8) is 0 Å². The topological polar surface area (TPSA) is 47.7 Å². The van der Waals surface area contributed by atoms with Crippen LogP contribution >= 0.6 is 15.9 Å². The summed E-state index contributed by atoms with van der Waals surface area (Å²) in [5.41, 5.74) is 7.43.